The molecule has 0 aromatic carbocycles. The number of hydrogen-bond donors (Lipinski definition) is 1. The lowest BCUT2D eigenvalue weighted by atomic mass is 9.53. The minimum Gasteiger partial charge on any atom is -0.350 e. The zero-order chi connectivity index (χ0) is 18.8. The molecule has 0 radical (unpaired) electrons. The van der Waals surface area contributed by atoms with Crippen LogP contribution in [-0.2, 0) is 17.8 Å². The average molecular weight is 388 g/mol. The van der Waals surface area contributed by atoms with Gasteiger partial charge in [0.2, 0.25) is 5.91 Å². The number of fused-ring (bicyclic) bond motifs is 1. The van der Waals surface area contributed by atoms with Gasteiger partial charge in [-0.25, -0.2) is 4.98 Å². The van der Waals surface area contributed by atoms with Gasteiger partial charge >= 0.3 is 0 Å². The molecular weight excluding hydrogens is 358 g/mol. The van der Waals surface area contributed by atoms with Crippen molar-refractivity contribution in [3.8, 4) is 0 Å². The van der Waals surface area contributed by atoms with E-state index in [0.29, 0.717) is 13.0 Å². The van der Waals surface area contributed by atoms with Crippen LogP contribution in [0.3, 0.4) is 0 Å². The van der Waals surface area contributed by atoms with E-state index in [1.54, 1.807) is 16.3 Å². The van der Waals surface area contributed by atoms with E-state index in [0.717, 1.165) is 39.9 Å². The molecule has 1 unspecified atom stereocenters. The summed E-state index contributed by atoms with van der Waals surface area (Å²) < 4.78 is 1.74. The van der Waals surface area contributed by atoms with Crippen LogP contribution in [0.2, 0.25) is 0 Å². The lowest BCUT2D eigenvalue weighted by Crippen LogP contribution is -2.61. The summed E-state index contributed by atoms with van der Waals surface area (Å²) in [5, 5.41) is 4.27. The second-order valence-corrected chi connectivity index (χ2v) is 10.4. The van der Waals surface area contributed by atoms with Crippen LogP contribution in [-0.4, -0.2) is 26.8 Å². The highest BCUT2D eigenvalue weighted by Crippen LogP contribution is 2.55. The van der Waals surface area contributed by atoms with Crippen LogP contribution >= 0.6 is 11.8 Å². The average Bonchev–Trinajstić information content (AvgIpc) is 2.60. The third-order valence-corrected chi connectivity index (χ3v) is 8.54. The first-order chi connectivity index (χ1) is 13.0. The van der Waals surface area contributed by atoms with E-state index in [9.17, 15) is 9.59 Å². The molecule has 1 amide bonds. The maximum Gasteiger partial charge on any atom is 0.257 e. The molecule has 4 saturated carbocycles. The molecule has 1 N–H and O–H groups in total. The molecule has 1 atom stereocenters. The molecule has 6 heteroatoms. The molecule has 1 aliphatic heterocycles. The lowest BCUT2D eigenvalue weighted by Gasteiger charge is -2.57. The van der Waals surface area contributed by atoms with Crippen molar-refractivity contribution in [3.05, 3.63) is 21.6 Å². The molecule has 0 saturated heterocycles. The predicted molar refractivity (Wildman–Crippen MR) is 106 cm³/mol. The van der Waals surface area contributed by atoms with Gasteiger partial charge in [-0.15, -0.1) is 0 Å². The summed E-state index contributed by atoms with van der Waals surface area (Å²) in [5.74, 6) is 3.19. The van der Waals surface area contributed by atoms with Gasteiger partial charge in [-0.2, -0.15) is 0 Å². The van der Waals surface area contributed by atoms with Crippen LogP contribution < -0.4 is 10.9 Å². The number of thioether (sulfide) groups is 1. The Morgan fingerprint density at radius 2 is 1.85 bits per heavy atom. The molecule has 0 spiro atoms. The SMILES string of the molecule is CCc1c(C)nc2n(c1=O)CC(C(=O)NC13CC4CC(CC(C4)C1)C3)CS2. The highest BCUT2D eigenvalue weighted by atomic mass is 32.2. The summed E-state index contributed by atoms with van der Waals surface area (Å²) in [6.45, 7) is 4.37. The Kier molecular flexibility index (Phi) is 4.19. The van der Waals surface area contributed by atoms with Gasteiger partial charge in [-0.3, -0.25) is 14.2 Å². The van der Waals surface area contributed by atoms with Gasteiger partial charge in [0.15, 0.2) is 5.16 Å². The molecule has 6 rings (SSSR count). The minimum atomic E-state index is -0.137. The number of carbonyl (C=O) groups is 1. The van der Waals surface area contributed by atoms with Gasteiger partial charge in [0, 0.05) is 29.1 Å². The largest absolute Gasteiger partial charge is 0.350 e. The van der Waals surface area contributed by atoms with Crippen LogP contribution in [0.1, 0.15) is 56.7 Å². The Morgan fingerprint density at radius 3 is 2.44 bits per heavy atom. The number of hydrogen-bond acceptors (Lipinski definition) is 4. The van der Waals surface area contributed by atoms with Crippen molar-refractivity contribution in [2.75, 3.05) is 5.75 Å². The molecule has 1 aromatic rings. The van der Waals surface area contributed by atoms with Crippen LogP contribution in [0.25, 0.3) is 0 Å². The van der Waals surface area contributed by atoms with Gasteiger partial charge in [-0.1, -0.05) is 18.7 Å². The first-order valence-corrected chi connectivity index (χ1v) is 11.5. The van der Waals surface area contributed by atoms with Gasteiger partial charge in [-0.05, 0) is 69.6 Å². The number of aryl methyl sites for hydroxylation is 1. The fourth-order valence-electron chi connectivity index (χ4n) is 6.59. The van der Waals surface area contributed by atoms with Crippen molar-refractivity contribution in [3.63, 3.8) is 0 Å². The third kappa shape index (κ3) is 2.95. The maximum absolute atomic E-state index is 13.2. The maximum atomic E-state index is 13.2. The third-order valence-electron chi connectivity index (χ3n) is 7.40. The number of rotatable bonds is 3. The van der Waals surface area contributed by atoms with E-state index in [-0.39, 0.29) is 22.9 Å². The van der Waals surface area contributed by atoms with Crippen molar-refractivity contribution >= 4 is 17.7 Å². The Morgan fingerprint density at radius 1 is 1.22 bits per heavy atom. The zero-order valence-electron chi connectivity index (χ0n) is 16.3. The van der Waals surface area contributed by atoms with Gasteiger partial charge in [0.1, 0.15) is 0 Å². The van der Waals surface area contributed by atoms with Crippen LogP contribution in [0.15, 0.2) is 9.95 Å². The number of nitrogens with one attached hydrogen (secondary N) is 1. The van der Waals surface area contributed by atoms with Crippen LogP contribution in [0, 0.1) is 30.6 Å². The Labute approximate surface area is 164 Å². The Bertz CT molecular complexity index is 811. The molecule has 5 nitrogen and oxygen atoms in total. The second kappa shape index (κ2) is 6.36. The molecule has 4 bridgehead atoms. The van der Waals surface area contributed by atoms with Crippen molar-refractivity contribution in [2.45, 2.75) is 76.0 Å². The molecule has 4 aliphatic carbocycles. The number of nitrogens with zero attached hydrogens (tertiary/aromatic N) is 2. The summed E-state index contributed by atoms with van der Waals surface area (Å²) in [7, 11) is 0. The zero-order valence-corrected chi connectivity index (χ0v) is 17.1. The van der Waals surface area contributed by atoms with Gasteiger partial charge in [0.05, 0.1) is 5.92 Å². The van der Waals surface area contributed by atoms with Crippen molar-refractivity contribution < 1.29 is 4.79 Å². The fraction of sp³-hybridized carbons (Fsp3) is 0.762. The van der Waals surface area contributed by atoms with E-state index < -0.39 is 0 Å². The monoisotopic (exact) mass is 387 g/mol. The standard InChI is InChI=1S/C21H29N3O2S/c1-3-17-12(2)22-20-24(19(17)26)10-16(11-27-20)18(25)23-21-7-13-4-14(8-21)6-15(5-13)9-21/h13-16H,3-11H2,1-2H3,(H,23,25). The number of carbonyl (C=O) groups excluding carboxylic acids is 1. The first kappa shape index (κ1) is 17.8. The normalized spacial score (nSPS) is 36.5. The second-order valence-electron chi connectivity index (χ2n) is 9.42. The number of aromatic nitrogens is 2. The van der Waals surface area contributed by atoms with E-state index in [1.165, 1.54) is 38.5 Å². The van der Waals surface area contributed by atoms with E-state index in [2.05, 4.69) is 10.3 Å². The van der Waals surface area contributed by atoms with Crippen molar-refractivity contribution in [1.82, 2.24) is 14.9 Å². The molecule has 5 aliphatic rings. The quantitative estimate of drug-likeness (QED) is 0.810. The highest BCUT2D eigenvalue weighted by molar-refractivity contribution is 7.99. The van der Waals surface area contributed by atoms with Crippen LogP contribution in [0.4, 0.5) is 0 Å². The topological polar surface area (TPSA) is 64.0 Å². The molecule has 146 valence electrons. The molecular formula is C21H29N3O2S. The van der Waals surface area contributed by atoms with E-state index in [1.807, 2.05) is 13.8 Å². The molecule has 1 aromatic heterocycles. The summed E-state index contributed by atoms with van der Waals surface area (Å²) >= 11 is 1.56. The van der Waals surface area contributed by atoms with Crippen molar-refractivity contribution in [1.29, 1.82) is 0 Å². The Balaban J connectivity index is 1.35. The lowest BCUT2D eigenvalue weighted by molar-refractivity contribution is -0.130. The first-order valence-electron chi connectivity index (χ1n) is 10.5. The smallest absolute Gasteiger partial charge is 0.257 e. The summed E-state index contributed by atoms with van der Waals surface area (Å²) in [5.41, 5.74) is 1.70. The molecule has 2 heterocycles. The van der Waals surface area contributed by atoms with Gasteiger partial charge in [0.25, 0.3) is 5.56 Å². The van der Waals surface area contributed by atoms with Crippen molar-refractivity contribution in [2.24, 2.45) is 23.7 Å². The summed E-state index contributed by atoms with van der Waals surface area (Å²) in [6, 6.07) is 0. The fourth-order valence-corrected chi connectivity index (χ4v) is 7.71. The van der Waals surface area contributed by atoms with Gasteiger partial charge < -0.3 is 5.32 Å². The minimum absolute atomic E-state index is 0.0415. The molecule has 27 heavy (non-hydrogen) atoms. The Hall–Kier alpha value is -1.30. The molecule has 4 fully saturated rings. The number of amides is 1. The van der Waals surface area contributed by atoms with Crippen LogP contribution in [0.5, 0.6) is 0 Å². The van der Waals surface area contributed by atoms with E-state index >= 15 is 0 Å². The predicted octanol–water partition coefficient (Wildman–Crippen LogP) is 2.92. The summed E-state index contributed by atoms with van der Waals surface area (Å²) in [4.78, 5) is 30.6. The summed E-state index contributed by atoms with van der Waals surface area (Å²) in [6.07, 6.45) is 8.32. The highest BCUT2D eigenvalue weighted by Gasteiger charge is 2.52. The van der Waals surface area contributed by atoms with E-state index in [4.69, 9.17) is 0 Å².